The molecule has 2 aliphatic rings. The summed E-state index contributed by atoms with van der Waals surface area (Å²) in [5, 5.41) is 8.07. The summed E-state index contributed by atoms with van der Waals surface area (Å²) in [6, 6.07) is 4.73. The quantitative estimate of drug-likeness (QED) is 0.245. The van der Waals surface area contributed by atoms with E-state index >= 15 is 4.39 Å². The molecule has 4 aromatic heterocycles. The molecule has 0 bridgehead atoms. The van der Waals surface area contributed by atoms with Crippen LogP contribution < -0.4 is 15.8 Å². The average molecular weight is 642 g/mol. The van der Waals surface area contributed by atoms with Crippen LogP contribution in [0.25, 0.3) is 22.6 Å². The predicted molar refractivity (Wildman–Crippen MR) is 165 cm³/mol. The Morgan fingerprint density at radius 1 is 1.20 bits per heavy atom. The molecule has 1 atom stereocenters. The lowest BCUT2D eigenvalue weighted by Crippen LogP contribution is -2.67. The van der Waals surface area contributed by atoms with E-state index in [0.717, 1.165) is 11.3 Å². The van der Waals surface area contributed by atoms with Crippen molar-refractivity contribution >= 4 is 32.9 Å². The lowest BCUT2D eigenvalue weighted by molar-refractivity contribution is 0.0179. The second-order valence-corrected chi connectivity index (χ2v) is 14.2. The fourth-order valence-electron chi connectivity index (χ4n) is 6.06. The van der Waals surface area contributed by atoms with Gasteiger partial charge >= 0.3 is 0 Å². The fourth-order valence-corrected chi connectivity index (χ4v) is 8.36. The SMILES string of the molecule is Cc1nn(C)c(O[C@@H](C)CCNc2cc(Cl)ncc2-c2ncc(CN3CC4(C3)CS(=O)(=O)C4)cc2F)c1-c1nccc(N)n1. The summed E-state index contributed by atoms with van der Waals surface area (Å²) < 4.78 is 46.4. The van der Waals surface area contributed by atoms with Crippen molar-refractivity contribution in [3.63, 3.8) is 0 Å². The summed E-state index contributed by atoms with van der Waals surface area (Å²) in [7, 11) is -1.08. The van der Waals surface area contributed by atoms with Crippen molar-refractivity contribution in [1.82, 2.24) is 34.6 Å². The van der Waals surface area contributed by atoms with Gasteiger partial charge in [-0.2, -0.15) is 5.10 Å². The number of nitrogens with zero attached hydrogens (tertiary/aromatic N) is 7. The highest BCUT2D eigenvalue weighted by molar-refractivity contribution is 7.92. The van der Waals surface area contributed by atoms with Crippen molar-refractivity contribution in [2.45, 2.75) is 32.9 Å². The molecule has 2 fully saturated rings. The third kappa shape index (κ3) is 6.19. The van der Waals surface area contributed by atoms with Crippen molar-refractivity contribution in [2.24, 2.45) is 12.5 Å². The maximum absolute atomic E-state index is 15.4. The second kappa shape index (κ2) is 11.6. The highest BCUT2D eigenvalue weighted by Gasteiger charge is 2.55. The van der Waals surface area contributed by atoms with Crippen molar-refractivity contribution < 1.29 is 17.5 Å². The third-order valence-corrected chi connectivity index (χ3v) is 10.2. The minimum Gasteiger partial charge on any atom is -0.474 e. The van der Waals surface area contributed by atoms with Gasteiger partial charge in [0.15, 0.2) is 15.7 Å². The van der Waals surface area contributed by atoms with E-state index < -0.39 is 15.7 Å². The number of ether oxygens (including phenoxy) is 1. The molecule has 2 aliphatic heterocycles. The van der Waals surface area contributed by atoms with Crippen LogP contribution in [0.4, 0.5) is 15.9 Å². The molecule has 0 aromatic carbocycles. The number of halogens is 2. The highest BCUT2D eigenvalue weighted by Crippen LogP contribution is 2.42. The van der Waals surface area contributed by atoms with Crippen LogP contribution >= 0.6 is 11.6 Å². The Hall–Kier alpha value is -3.88. The number of sulfone groups is 1. The van der Waals surface area contributed by atoms with Gasteiger partial charge in [0.2, 0.25) is 5.88 Å². The monoisotopic (exact) mass is 641 g/mol. The maximum Gasteiger partial charge on any atom is 0.223 e. The van der Waals surface area contributed by atoms with Crippen molar-refractivity contribution in [1.29, 1.82) is 0 Å². The molecule has 6 heterocycles. The smallest absolute Gasteiger partial charge is 0.223 e. The van der Waals surface area contributed by atoms with Crippen LogP contribution in [0.2, 0.25) is 5.15 Å². The van der Waals surface area contributed by atoms with Crippen LogP contribution in [0.3, 0.4) is 0 Å². The number of rotatable bonds is 10. The summed E-state index contributed by atoms with van der Waals surface area (Å²) in [6.45, 7) is 6.20. The Morgan fingerprint density at radius 3 is 2.68 bits per heavy atom. The molecular weight excluding hydrogens is 609 g/mol. The maximum atomic E-state index is 15.4. The molecule has 4 aromatic rings. The molecule has 232 valence electrons. The topological polar surface area (TPSA) is 154 Å². The Bertz CT molecular complexity index is 1810. The molecule has 0 radical (unpaired) electrons. The van der Waals surface area contributed by atoms with E-state index in [-0.39, 0.29) is 33.9 Å². The number of nitrogens with one attached hydrogen (secondary N) is 1. The standard InChI is InChI=1S/C29H33ClFN9O3S/c1-17(43-28-25(18(2)38-39(28)3)27-34-7-5-24(32)37-27)4-6-33-22-9-23(30)35-11-20(22)26-21(31)8-19(10-36-26)12-40-13-29(14-40)15-44(41,42)16-29/h5,7-11,17H,4,6,12-16H2,1-3H3,(H,33,35)(H2,32,34,37)/t17-/m0/s1. The molecule has 0 unspecified atom stereocenters. The number of nitrogen functional groups attached to an aromatic ring is 1. The number of hydrogen-bond acceptors (Lipinski definition) is 11. The second-order valence-electron chi connectivity index (χ2n) is 11.7. The lowest BCUT2D eigenvalue weighted by atomic mass is 9.82. The van der Waals surface area contributed by atoms with Crippen LogP contribution in [0.15, 0.2) is 36.8 Å². The van der Waals surface area contributed by atoms with Gasteiger partial charge in [-0.1, -0.05) is 11.6 Å². The van der Waals surface area contributed by atoms with Crippen LogP contribution in [0.5, 0.6) is 5.88 Å². The molecule has 2 saturated heterocycles. The van der Waals surface area contributed by atoms with E-state index in [0.29, 0.717) is 66.9 Å². The number of aromatic nitrogens is 6. The first-order valence-corrected chi connectivity index (χ1v) is 16.4. The zero-order chi connectivity index (χ0) is 31.2. The summed E-state index contributed by atoms with van der Waals surface area (Å²) in [4.78, 5) is 19.4. The van der Waals surface area contributed by atoms with Crippen LogP contribution in [-0.4, -0.2) is 80.3 Å². The number of hydrogen-bond donors (Lipinski definition) is 2. The van der Waals surface area contributed by atoms with Gasteiger partial charge in [-0.25, -0.2) is 32.4 Å². The Morgan fingerprint density at radius 2 is 1.98 bits per heavy atom. The Labute approximate surface area is 259 Å². The first-order chi connectivity index (χ1) is 20.9. The van der Waals surface area contributed by atoms with Crippen molar-refractivity contribution in [2.75, 3.05) is 42.2 Å². The molecule has 0 aliphatic carbocycles. The first-order valence-electron chi connectivity index (χ1n) is 14.2. The third-order valence-electron chi connectivity index (χ3n) is 7.85. The molecule has 0 saturated carbocycles. The van der Waals surface area contributed by atoms with Gasteiger partial charge in [0.05, 0.1) is 23.3 Å². The van der Waals surface area contributed by atoms with E-state index in [9.17, 15) is 8.42 Å². The van der Waals surface area contributed by atoms with Crippen molar-refractivity contribution in [3.05, 3.63) is 59.0 Å². The number of pyridine rings is 2. The summed E-state index contributed by atoms with van der Waals surface area (Å²) in [5.41, 5.74) is 9.11. The van der Waals surface area contributed by atoms with Gasteiger partial charge in [-0.15, -0.1) is 0 Å². The molecular formula is C29H33ClFN9O3S. The highest BCUT2D eigenvalue weighted by atomic mass is 35.5. The molecule has 1 spiro atoms. The van der Waals surface area contributed by atoms with Crippen LogP contribution in [0, 0.1) is 18.2 Å². The van der Waals surface area contributed by atoms with E-state index in [1.54, 1.807) is 36.3 Å². The number of anilines is 2. The molecule has 3 N–H and O–H groups in total. The zero-order valence-corrected chi connectivity index (χ0v) is 26.2. The molecule has 12 nitrogen and oxygen atoms in total. The number of likely N-dealkylation sites (tertiary alicyclic amines) is 1. The van der Waals surface area contributed by atoms with E-state index in [4.69, 9.17) is 22.1 Å². The van der Waals surface area contributed by atoms with E-state index in [1.807, 2.05) is 13.8 Å². The van der Waals surface area contributed by atoms with E-state index in [1.165, 1.54) is 12.3 Å². The number of nitrogens with two attached hydrogens (primary N) is 1. The van der Waals surface area contributed by atoms with Gasteiger partial charge in [0, 0.05) is 74.9 Å². The summed E-state index contributed by atoms with van der Waals surface area (Å²) in [5.74, 6) is 1.34. The Kier molecular flexibility index (Phi) is 7.92. The van der Waals surface area contributed by atoms with Gasteiger partial charge in [0.25, 0.3) is 0 Å². The fraction of sp³-hybridized carbons (Fsp3) is 0.414. The van der Waals surface area contributed by atoms with Crippen LogP contribution in [0.1, 0.15) is 24.6 Å². The first kappa shape index (κ1) is 30.2. The summed E-state index contributed by atoms with van der Waals surface area (Å²) in [6.07, 6.45) is 5.10. The lowest BCUT2D eigenvalue weighted by Gasteiger charge is -2.54. The molecule has 15 heteroatoms. The molecule has 6 rings (SSSR count). The normalized spacial score (nSPS) is 17.6. The minimum absolute atomic E-state index is 0.118. The predicted octanol–water partition coefficient (Wildman–Crippen LogP) is 3.52. The van der Waals surface area contributed by atoms with Crippen molar-refractivity contribution in [3.8, 4) is 28.5 Å². The number of aryl methyl sites for hydroxylation is 2. The largest absolute Gasteiger partial charge is 0.474 e. The minimum atomic E-state index is -2.88. The van der Waals surface area contributed by atoms with Gasteiger partial charge in [-0.3, -0.25) is 9.88 Å². The van der Waals surface area contributed by atoms with Gasteiger partial charge < -0.3 is 15.8 Å². The van der Waals surface area contributed by atoms with Crippen LogP contribution in [-0.2, 0) is 23.4 Å². The average Bonchev–Trinajstić information content (AvgIpc) is 3.19. The van der Waals surface area contributed by atoms with E-state index in [2.05, 4.69) is 35.3 Å². The zero-order valence-electron chi connectivity index (χ0n) is 24.6. The molecule has 44 heavy (non-hydrogen) atoms. The Balaban J connectivity index is 1.10. The summed E-state index contributed by atoms with van der Waals surface area (Å²) >= 11 is 6.20. The van der Waals surface area contributed by atoms with Gasteiger partial charge in [0.1, 0.15) is 28.0 Å². The van der Waals surface area contributed by atoms with Gasteiger partial charge in [-0.05, 0) is 37.6 Å². The molecule has 0 amide bonds.